The van der Waals surface area contributed by atoms with Crippen molar-refractivity contribution in [1.82, 2.24) is 9.55 Å². The molecule has 0 saturated heterocycles. The zero-order valence-electron chi connectivity index (χ0n) is 21.7. The molecule has 0 bridgehead atoms. The highest BCUT2D eigenvalue weighted by molar-refractivity contribution is 6.17. The van der Waals surface area contributed by atoms with Crippen molar-refractivity contribution in [3.05, 3.63) is 140 Å². The second kappa shape index (κ2) is 10.2. The van der Waals surface area contributed by atoms with Gasteiger partial charge in [0.2, 0.25) is 0 Å². The Morgan fingerprint density at radius 2 is 1.12 bits per heavy atom. The zero-order valence-corrected chi connectivity index (χ0v) is 21.7. The predicted octanol–water partition coefficient (Wildman–Crippen LogP) is 7.82. The van der Waals surface area contributed by atoms with E-state index in [0.29, 0.717) is 5.75 Å². The first-order chi connectivity index (χ1) is 19.8. The van der Waals surface area contributed by atoms with E-state index in [1.807, 2.05) is 54.6 Å². The van der Waals surface area contributed by atoms with Crippen LogP contribution in [0.25, 0.3) is 61.1 Å². The van der Waals surface area contributed by atoms with Crippen LogP contribution >= 0.6 is 0 Å². The minimum atomic E-state index is -0.349. The third-order valence-corrected chi connectivity index (χ3v) is 7.30. The van der Waals surface area contributed by atoms with Gasteiger partial charge in [0.05, 0.1) is 22.4 Å². The van der Waals surface area contributed by atoms with Crippen molar-refractivity contribution in [2.75, 3.05) is 0 Å². The Morgan fingerprint density at radius 1 is 0.525 bits per heavy atom. The lowest BCUT2D eigenvalue weighted by Gasteiger charge is -2.12. The van der Waals surface area contributed by atoms with Crippen LogP contribution in [0.1, 0.15) is 0 Å². The lowest BCUT2D eigenvalue weighted by molar-refractivity contribution is 0.454. The van der Waals surface area contributed by atoms with E-state index in [2.05, 4.69) is 89.5 Å². The average molecular weight is 516 g/mol. The number of benzene rings is 5. The van der Waals surface area contributed by atoms with E-state index >= 15 is 0 Å². The summed E-state index contributed by atoms with van der Waals surface area (Å²) in [6.45, 7) is 0. The molecule has 7 aromatic rings. The van der Waals surface area contributed by atoms with Crippen LogP contribution in [-0.4, -0.2) is 22.3 Å². The number of pyridine rings is 1. The van der Waals surface area contributed by atoms with Crippen LogP contribution in [0.4, 0.5) is 0 Å². The Morgan fingerprint density at radius 3 is 1.77 bits per heavy atom. The first kappa shape index (κ1) is 24.0. The van der Waals surface area contributed by atoms with Crippen molar-refractivity contribution < 1.29 is 9.68 Å². The van der Waals surface area contributed by atoms with Crippen LogP contribution < -0.4 is 4.65 Å². The minimum Gasteiger partial charge on any atom is -0.539 e. The van der Waals surface area contributed by atoms with Crippen molar-refractivity contribution in [3.8, 4) is 45.1 Å². The second-order valence-corrected chi connectivity index (χ2v) is 9.71. The van der Waals surface area contributed by atoms with Gasteiger partial charge in [-0.25, -0.2) is 4.98 Å². The predicted molar refractivity (Wildman–Crippen MR) is 165 cm³/mol. The van der Waals surface area contributed by atoms with E-state index in [0.717, 1.165) is 61.1 Å². The van der Waals surface area contributed by atoms with Crippen LogP contribution in [0.5, 0.6) is 5.75 Å². The number of hydrogen-bond donors (Lipinski definition) is 1. The van der Waals surface area contributed by atoms with E-state index in [9.17, 15) is 5.02 Å². The molecule has 0 spiro atoms. The monoisotopic (exact) mass is 516 g/mol. The van der Waals surface area contributed by atoms with Gasteiger partial charge in [-0.2, -0.15) is 0 Å². The Hall–Kier alpha value is -5.13. The minimum absolute atomic E-state index is 0.349. The largest absolute Gasteiger partial charge is 0.539 e. The maximum Gasteiger partial charge on any atom is 0.504 e. The summed E-state index contributed by atoms with van der Waals surface area (Å²) in [5.41, 5.74) is 9.60. The lowest BCUT2D eigenvalue weighted by Crippen LogP contribution is -1.99. The Labute approximate surface area is 233 Å². The summed E-state index contributed by atoms with van der Waals surface area (Å²) < 4.78 is 7.64. The lowest BCUT2D eigenvalue weighted by atomic mass is 10.00. The molecule has 0 amide bonds. The number of para-hydroxylation sites is 1. The van der Waals surface area contributed by atoms with Gasteiger partial charge in [0.1, 0.15) is 5.75 Å². The molecule has 0 radical (unpaired) electrons. The van der Waals surface area contributed by atoms with E-state index in [4.69, 9.17) is 9.64 Å². The smallest absolute Gasteiger partial charge is 0.504 e. The molecule has 0 unspecified atom stereocenters. The van der Waals surface area contributed by atoms with Crippen molar-refractivity contribution in [2.24, 2.45) is 0 Å². The molecule has 0 saturated carbocycles. The van der Waals surface area contributed by atoms with Gasteiger partial charge in [0.25, 0.3) is 0 Å². The number of hydrogen-bond acceptors (Lipinski definition) is 3. The van der Waals surface area contributed by atoms with Crippen LogP contribution in [-0.2, 0) is 0 Å². The molecule has 40 heavy (non-hydrogen) atoms. The van der Waals surface area contributed by atoms with Gasteiger partial charge in [-0.3, -0.25) is 0 Å². The molecule has 5 heteroatoms. The summed E-state index contributed by atoms with van der Waals surface area (Å²) in [5.74, 6) is 0.648. The van der Waals surface area contributed by atoms with E-state index in [1.54, 1.807) is 0 Å². The maximum absolute atomic E-state index is 9.24. The van der Waals surface area contributed by atoms with Crippen LogP contribution in [0.3, 0.4) is 0 Å². The highest BCUT2D eigenvalue weighted by atomic mass is 16.5. The molecule has 1 N–H and O–H groups in total. The first-order valence-electron chi connectivity index (χ1n) is 13.3. The van der Waals surface area contributed by atoms with Crippen LogP contribution in [0.15, 0.2) is 140 Å². The van der Waals surface area contributed by atoms with Gasteiger partial charge in [-0.05, 0) is 59.7 Å². The fourth-order valence-electron chi connectivity index (χ4n) is 5.41. The summed E-state index contributed by atoms with van der Waals surface area (Å²) in [6, 6.07) is 48.0. The van der Waals surface area contributed by atoms with E-state index in [-0.39, 0.29) is 7.69 Å². The molecule has 5 aromatic carbocycles. The van der Waals surface area contributed by atoms with Crippen LogP contribution in [0.2, 0.25) is 0 Å². The third-order valence-electron chi connectivity index (χ3n) is 7.30. The van der Waals surface area contributed by atoms with Gasteiger partial charge in [0.15, 0.2) is 0 Å². The number of fused-ring (bicyclic) bond motifs is 3. The molecular formula is C35H25BN2O2. The third kappa shape index (κ3) is 4.33. The molecule has 4 nitrogen and oxygen atoms in total. The highest BCUT2D eigenvalue weighted by Gasteiger charge is 2.14. The summed E-state index contributed by atoms with van der Waals surface area (Å²) in [5, 5.41) is 11.5. The van der Waals surface area contributed by atoms with Crippen molar-refractivity contribution in [3.63, 3.8) is 0 Å². The second-order valence-electron chi connectivity index (χ2n) is 9.71. The molecule has 0 aliphatic carbocycles. The fraction of sp³-hybridized carbons (Fsp3) is 0. The summed E-state index contributed by atoms with van der Waals surface area (Å²) in [6.07, 6.45) is 0. The summed E-state index contributed by atoms with van der Waals surface area (Å²) >= 11 is 0. The zero-order chi connectivity index (χ0) is 26.9. The number of rotatable bonds is 6. The molecule has 7 rings (SSSR count). The Balaban J connectivity index is 1.35. The van der Waals surface area contributed by atoms with Gasteiger partial charge >= 0.3 is 7.69 Å². The molecule has 0 atom stereocenters. The first-order valence-corrected chi connectivity index (χ1v) is 13.3. The Bertz CT molecular complexity index is 1890. The van der Waals surface area contributed by atoms with Crippen molar-refractivity contribution in [1.29, 1.82) is 0 Å². The van der Waals surface area contributed by atoms with Crippen molar-refractivity contribution in [2.45, 2.75) is 0 Å². The molecular weight excluding hydrogens is 491 g/mol. The van der Waals surface area contributed by atoms with Gasteiger partial charge in [-0.15, -0.1) is 0 Å². The van der Waals surface area contributed by atoms with E-state index < -0.39 is 0 Å². The van der Waals surface area contributed by atoms with Crippen molar-refractivity contribution >= 4 is 29.5 Å². The maximum atomic E-state index is 9.24. The molecule has 0 aliphatic rings. The topological polar surface area (TPSA) is 47.3 Å². The van der Waals surface area contributed by atoms with Gasteiger partial charge in [0, 0.05) is 27.6 Å². The molecule has 0 fully saturated rings. The molecule has 190 valence electrons. The van der Waals surface area contributed by atoms with Gasteiger partial charge in [-0.1, -0.05) is 91.0 Å². The average Bonchev–Trinajstić information content (AvgIpc) is 3.36. The van der Waals surface area contributed by atoms with E-state index in [1.165, 1.54) is 0 Å². The Kier molecular flexibility index (Phi) is 6.12. The normalized spacial score (nSPS) is 11.1. The quantitative estimate of drug-likeness (QED) is 0.229. The summed E-state index contributed by atoms with van der Waals surface area (Å²) in [7, 11) is -0.349. The summed E-state index contributed by atoms with van der Waals surface area (Å²) in [4.78, 5) is 5.02. The van der Waals surface area contributed by atoms with Gasteiger partial charge < -0.3 is 14.2 Å². The van der Waals surface area contributed by atoms with Crippen LogP contribution in [0, 0.1) is 0 Å². The fourth-order valence-corrected chi connectivity index (χ4v) is 5.41. The highest BCUT2D eigenvalue weighted by Crippen LogP contribution is 2.35. The molecule has 2 heterocycles. The number of nitrogens with zero attached hydrogens (tertiary/aromatic N) is 2. The molecule has 0 aliphatic heterocycles. The SMILES string of the molecule is OBOc1ccc2c(c1)c1ccccc1n2-c1ccc(-c2cc(-c3ccccc3)nc(-c3ccccc3)c2)cc1. The molecule has 2 aromatic heterocycles. The number of aromatic nitrogens is 2. The standard InChI is InChI=1S/C35H25BN2O2/c39-36-40-29-19-20-35-31(23-29)30-13-7-8-14-34(30)38(35)28-17-15-24(16-18-28)27-21-32(25-9-3-1-4-10-25)37-33(22-27)26-11-5-2-6-12-26/h1-23,36,39H.